The molecule has 5 atom stereocenters. The van der Waals surface area contributed by atoms with Crippen molar-refractivity contribution in [3.8, 4) is 0 Å². The monoisotopic (exact) mass is 326 g/mol. The standard InChI is InChI=1S/C18H30O5/c1-11-6-14(22-5)8-13(10-19)15-9-17(3,4)18(15,21)16(7-11)23-12(2)20/h6,13-16,19,21H,7-10H2,1-5H3/t13-,14+,15+,16-,18+/m0/s1. The molecule has 0 radical (unpaired) electrons. The topological polar surface area (TPSA) is 76.0 Å². The Kier molecular flexibility index (Phi) is 5.24. The van der Waals surface area contributed by atoms with Crippen LogP contribution in [-0.2, 0) is 14.3 Å². The fraction of sp³-hybridized carbons (Fsp3) is 0.833. The number of carbonyl (C=O) groups excluding carboxylic acids is 1. The van der Waals surface area contributed by atoms with Crippen molar-refractivity contribution in [3.05, 3.63) is 11.6 Å². The molecule has 132 valence electrons. The second-order valence-electron chi connectivity index (χ2n) is 7.79. The molecule has 1 saturated carbocycles. The molecule has 0 aromatic heterocycles. The average Bonchev–Trinajstić information content (AvgIpc) is 2.49. The summed E-state index contributed by atoms with van der Waals surface area (Å²) in [6.45, 7) is 7.32. The Bertz CT molecular complexity index is 484. The lowest BCUT2D eigenvalue weighted by Crippen LogP contribution is -2.70. The molecule has 2 rings (SSSR count). The van der Waals surface area contributed by atoms with Crippen molar-refractivity contribution < 1.29 is 24.5 Å². The predicted molar refractivity (Wildman–Crippen MR) is 86.8 cm³/mol. The number of ether oxygens (including phenoxy) is 2. The minimum absolute atomic E-state index is 0.0113. The first-order chi connectivity index (χ1) is 10.7. The first-order valence-electron chi connectivity index (χ1n) is 8.36. The molecular formula is C18H30O5. The third kappa shape index (κ3) is 3.19. The van der Waals surface area contributed by atoms with Crippen molar-refractivity contribution in [2.45, 2.75) is 64.8 Å². The van der Waals surface area contributed by atoms with E-state index in [-0.39, 0.29) is 35.9 Å². The summed E-state index contributed by atoms with van der Waals surface area (Å²) in [6.07, 6.45) is 3.24. The zero-order chi connectivity index (χ0) is 17.4. The summed E-state index contributed by atoms with van der Waals surface area (Å²) in [7, 11) is 1.65. The SMILES string of the molecule is CO[C@@H]1C=C(C)C[C@H](OC(C)=O)[C@]2(O)[C@H](CC2(C)C)[C@H](CO)C1. The van der Waals surface area contributed by atoms with E-state index in [2.05, 4.69) is 0 Å². The normalized spacial score (nSPS) is 39.9. The molecule has 2 aliphatic rings. The van der Waals surface area contributed by atoms with Crippen LogP contribution in [0, 0.1) is 17.3 Å². The van der Waals surface area contributed by atoms with Gasteiger partial charge in [0.15, 0.2) is 0 Å². The predicted octanol–water partition coefficient (Wildman–Crippen LogP) is 2.06. The molecule has 0 aliphatic heterocycles. The summed E-state index contributed by atoms with van der Waals surface area (Å²) in [5.41, 5.74) is -0.473. The van der Waals surface area contributed by atoms with Gasteiger partial charge in [0.05, 0.1) is 6.10 Å². The molecular weight excluding hydrogens is 296 g/mol. The van der Waals surface area contributed by atoms with Crippen LogP contribution in [0.5, 0.6) is 0 Å². The Morgan fingerprint density at radius 1 is 1.43 bits per heavy atom. The van der Waals surface area contributed by atoms with Crippen molar-refractivity contribution in [1.82, 2.24) is 0 Å². The second kappa shape index (κ2) is 6.54. The molecule has 0 saturated heterocycles. The van der Waals surface area contributed by atoms with Gasteiger partial charge in [-0.1, -0.05) is 25.5 Å². The summed E-state index contributed by atoms with van der Waals surface area (Å²) in [4.78, 5) is 11.6. The van der Waals surface area contributed by atoms with Gasteiger partial charge in [0.25, 0.3) is 0 Å². The molecule has 0 bridgehead atoms. The van der Waals surface area contributed by atoms with Crippen molar-refractivity contribution in [1.29, 1.82) is 0 Å². The van der Waals surface area contributed by atoms with E-state index in [0.717, 1.165) is 12.0 Å². The molecule has 2 aliphatic carbocycles. The van der Waals surface area contributed by atoms with Crippen LogP contribution in [0.15, 0.2) is 11.6 Å². The van der Waals surface area contributed by atoms with Crippen LogP contribution in [0.4, 0.5) is 0 Å². The van der Waals surface area contributed by atoms with E-state index in [0.29, 0.717) is 12.8 Å². The highest BCUT2D eigenvalue weighted by atomic mass is 16.6. The molecule has 5 nitrogen and oxygen atoms in total. The van der Waals surface area contributed by atoms with E-state index in [1.807, 2.05) is 26.8 Å². The zero-order valence-corrected chi connectivity index (χ0v) is 14.8. The number of hydrogen-bond acceptors (Lipinski definition) is 5. The van der Waals surface area contributed by atoms with Gasteiger partial charge in [0.2, 0.25) is 0 Å². The maximum Gasteiger partial charge on any atom is 0.303 e. The minimum atomic E-state index is -1.14. The zero-order valence-electron chi connectivity index (χ0n) is 14.8. The maximum absolute atomic E-state index is 11.6. The average molecular weight is 326 g/mol. The summed E-state index contributed by atoms with van der Waals surface area (Å²) >= 11 is 0. The van der Waals surface area contributed by atoms with E-state index >= 15 is 0 Å². The number of hydrogen-bond donors (Lipinski definition) is 2. The van der Waals surface area contributed by atoms with Crippen LogP contribution in [-0.4, -0.2) is 47.7 Å². The Hall–Kier alpha value is -0.910. The lowest BCUT2D eigenvalue weighted by molar-refractivity contribution is -0.273. The molecule has 23 heavy (non-hydrogen) atoms. The molecule has 2 N–H and O–H groups in total. The minimum Gasteiger partial charge on any atom is -0.459 e. The van der Waals surface area contributed by atoms with Gasteiger partial charge in [-0.15, -0.1) is 0 Å². The number of fused-ring (bicyclic) bond motifs is 1. The highest BCUT2D eigenvalue weighted by Crippen LogP contribution is 2.60. The first-order valence-corrected chi connectivity index (χ1v) is 8.36. The lowest BCUT2D eigenvalue weighted by Gasteiger charge is -2.63. The van der Waals surface area contributed by atoms with E-state index < -0.39 is 11.7 Å². The van der Waals surface area contributed by atoms with Crippen LogP contribution >= 0.6 is 0 Å². The van der Waals surface area contributed by atoms with Crippen LogP contribution in [0.1, 0.15) is 47.0 Å². The van der Waals surface area contributed by atoms with Crippen molar-refractivity contribution >= 4 is 5.97 Å². The van der Waals surface area contributed by atoms with Crippen molar-refractivity contribution in [2.24, 2.45) is 17.3 Å². The van der Waals surface area contributed by atoms with E-state index in [9.17, 15) is 15.0 Å². The fourth-order valence-electron chi connectivity index (χ4n) is 4.50. The van der Waals surface area contributed by atoms with E-state index in [1.54, 1.807) is 7.11 Å². The molecule has 5 heteroatoms. The van der Waals surface area contributed by atoms with Crippen LogP contribution in [0.25, 0.3) is 0 Å². The largest absolute Gasteiger partial charge is 0.459 e. The molecule has 0 unspecified atom stereocenters. The van der Waals surface area contributed by atoms with Gasteiger partial charge in [0, 0.05) is 27.1 Å². The number of rotatable bonds is 3. The number of aliphatic hydroxyl groups excluding tert-OH is 1. The smallest absolute Gasteiger partial charge is 0.303 e. The molecule has 0 aromatic carbocycles. The Balaban J connectivity index is 2.45. The van der Waals surface area contributed by atoms with Gasteiger partial charge >= 0.3 is 5.97 Å². The van der Waals surface area contributed by atoms with Gasteiger partial charge in [0.1, 0.15) is 11.7 Å². The highest BCUT2D eigenvalue weighted by molar-refractivity contribution is 5.66. The molecule has 0 spiro atoms. The summed E-state index contributed by atoms with van der Waals surface area (Å²) in [5, 5.41) is 21.4. The quantitative estimate of drug-likeness (QED) is 0.613. The van der Waals surface area contributed by atoms with Crippen LogP contribution < -0.4 is 0 Å². The van der Waals surface area contributed by atoms with Crippen LogP contribution in [0.3, 0.4) is 0 Å². The maximum atomic E-state index is 11.6. The van der Waals surface area contributed by atoms with Gasteiger partial charge in [-0.25, -0.2) is 0 Å². The number of aliphatic hydroxyl groups is 2. The summed E-state index contributed by atoms with van der Waals surface area (Å²) in [5.74, 6) is -0.581. The van der Waals surface area contributed by atoms with E-state index in [4.69, 9.17) is 9.47 Å². The molecule has 0 aromatic rings. The second-order valence-corrected chi connectivity index (χ2v) is 7.79. The summed E-state index contributed by atoms with van der Waals surface area (Å²) in [6, 6.07) is 0. The van der Waals surface area contributed by atoms with Gasteiger partial charge < -0.3 is 19.7 Å². The number of methoxy groups -OCH3 is 1. The summed E-state index contributed by atoms with van der Waals surface area (Å²) < 4.78 is 11.1. The number of esters is 1. The molecule has 1 fully saturated rings. The molecule has 0 amide bonds. The lowest BCUT2D eigenvalue weighted by atomic mass is 9.46. The van der Waals surface area contributed by atoms with Crippen molar-refractivity contribution in [3.63, 3.8) is 0 Å². The van der Waals surface area contributed by atoms with E-state index in [1.165, 1.54) is 6.92 Å². The van der Waals surface area contributed by atoms with Crippen LogP contribution in [0.2, 0.25) is 0 Å². The van der Waals surface area contributed by atoms with Gasteiger partial charge in [-0.2, -0.15) is 0 Å². The third-order valence-corrected chi connectivity index (χ3v) is 5.80. The third-order valence-electron chi connectivity index (χ3n) is 5.80. The molecule has 0 heterocycles. The van der Waals surface area contributed by atoms with Crippen molar-refractivity contribution in [2.75, 3.05) is 13.7 Å². The fourth-order valence-corrected chi connectivity index (χ4v) is 4.50. The highest BCUT2D eigenvalue weighted by Gasteiger charge is 2.66. The number of carbonyl (C=O) groups is 1. The first kappa shape index (κ1) is 18.4. The van der Waals surface area contributed by atoms with Gasteiger partial charge in [-0.3, -0.25) is 4.79 Å². The Morgan fingerprint density at radius 3 is 2.57 bits per heavy atom. The Morgan fingerprint density at radius 2 is 2.09 bits per heavy atom. The van der Waals surface area contributed by atoms with Gasteiger partial charge in [-0.05, 0) is 37.0 Å². The Labute approximate surface area is 138 Å².